The molecule has 0 saturated carbocycles. The van der Waals surface area contributed by atoms with Gasteiger partial charge in [0.25, 0.3) is 5.91 Å². The Hall–Kier alpha value is -3.32. The lowest BCUT2D eigenvalue weighted by molar-refractivity contribution is 0.0951. The van der Waals surface area contributed by atoms with Crippen LogP contribution in [0.1, 0.15) is 16.1 Å². The minimum atomic E-state index is -0.627. The first kappa shape index (κ1) is 16.2. The van der Waals surface area contributed by atoms with E-state index in [1.54, 1.807) is 18.2 Å². The average molecular weight is 365 g/mol. The molecule has 26 heavy (non-hydrogen) atoms. The summed E-state index contributed by atoms with van der Waals surface area (Å²) in [6, 6.07) is 17.1. The van der Waals surface area contributed by atoms with Crippen molar-refractivity contribution in [1.82, 2.24) is 10.4 Å². The standard InChI is InChI=1S/C19H12FN3O2S/c20-14-6-2-1-5-13(14)18(24)23-21-11-12-9-10-16(25-12)19-22-15-7-3-4-8-17(15)26-19/h1-11H,(H,23,24)/b21-11-. The Labute approximate surface area is 151 Å². The van der Waals surface area contributed by atoms with Gasteiger partial charge in [0.05, 0.1) is 22.0 Å². The maximum Gasteiger partial charge on any atom is 0.274 e. The highest BCUT2D eigenvalue weighted by Crippen LogP contribution is 2.30. The molecular weight excluding hydrogens is 353 g/mol. The Morgan fingerprint density at radius 2 is 1.92 bits per heavy atom. The van der Waals surface area contributed by atoms with E-state index in [1.165, 1.54) is 35.8 Å². The summed E-state index contributed by atoms with van der Waals surface area (Å²) in [4.78, 5) is 16.4. The number of furan rings is 1. The molecule has 0 aliphatic carbocycles. The molecular formula is C19H12FN3O2S. The topological polar surface area (TPSA) is 67.5 Å². The molecule has 5 nitrogen and oxygen atoms in total. The number of amides is 1. The Bertz CT molecular complexity index is 1080. The van der Waals surface area contributed by atoms with E-state index < -0.39 is 11.7 Å². The summed E-state index contributed by atoms with van der Waals surface area (Å²) in [5.41, 5.74) is 3.12. The van der Waals surface area contributed by atoms with Crippen LogP contribution in [0.5, 0.6) is 0 Å². The van der Waals surface area contributed by atoms with Crippen molar-refractivity contribution in [3.63, 3.8) is 0 Å². The van der Waals surface area contributed by atoms with Crippen molar-refractivity contribution in [1.29, 1.82) is 0 Å². The summed E-state index contributed by atoms with van der Waals surface area (Å²) in [5, 5.41) is 4.57. The molecule has 4 rings (SSSR count). The van der Waals surface area contributed by atoms with Crippen molar-refractivity contribution in [2.45, 2.75) is 0 Å². The maximum absolute atomic E-state index is 13.5. The molecule has 2 heterocycles. The lowest BCUT2D eigenvalue weighted by Gasteiger charge is -2.00. The Balaban J connectivity index is 1.47. The number of halogens is 1. The number of nitrogens with zero attached hydrogens (tertiary/aromatic N) is 2. The fourth-order valence-corrected chi connectivity index (χ4v) is 3.30. The van der Waals surface area contributed by atoms with Crippen LogP contribution < -0.4 is 5.43 Å². The molecule has 128 valence electrons. The van der Waals surface area contributed by atoms with Crippen molar-refractivity contribution in [2.75, 3.05) is 0 Å². The number of para-hydroxylation sites is 1. The number of hydrazone groups is 1. The number of nitrogens with one attached hydrogen (secondary N) is 1. The van der Waals surface area contributed by atoms with Crippen molar-refractivity contribution in [2.24, 2.45) is 5.10 Å². The number of fused-ring (bicyclic) bond motifs is 1. The monoisotopic (exact) mass is 365 g/mol. The molecule has 7 heteroatoms. The Morgan fingerprint density at radius 1 is 1.12 bits per heavy atom. The van der Waals surface area contributed by atoms with E-state index in [9.17, 15) is 9.18 Å². The molecule has 0 spiro atoms. The summed E-state index contributed by atoms with van der Waals surface area (Å²) in [6.45, 7) is 0. The number of carbonyl (C=O) groups is 1. The van der Waals surface area contributed by atoms with Crippen molar-refractivity contribution >= 4 is 33.7 Å². The van der Waals surface area contributed by atoms with Gasteiger partial charge in [0.1, 0.15) is 11.6 Å². The van der Waals surface area contributed by atoms with Crippen LogP contribution >= 0.6 is 11.3 Å². The maximum atomic E-state index is 13.5. The van der Waals surface area contributed by atoms with Crippen molar-refractivity contribution in [3.8, 4) is 10.8 Å². The third kappa shape index (κ3) is 3.25. The lowest BCUT2D eigenvalue weighted by Crippen LogP contribution is -2.18. The van der Waals surface area contributed by atoms with E-state index in [0.29, 0.717) is 11.5 Å². The summed E-state index contributed by atoms with van der Waals surface area (Å²) in [7, 11) is 0. The van der Waals surface area contributed by atoms with Gasteiger partial charge in [0.15, 0.2) is 10.8 Å². The molecule has 0 aliphatic rings. The fraction of sp³-hybridized carbons (Fsp3) is 0. The molecule has 0 radical (unpaired) electrons. The zero-order valence-corrected chi connectivity index (χ0v) is 14.2. The fourth-order valence-electron chi connectivity index (χ4n) is 2.37. The van der Waals surface area contributed by atoms with Gasteiger partial charge in [-0.2, -0.15) is 5.10 Å². The van der Waals surface area contributed by atoms with E-state index in [-0.39, 0.29) is 5.56 Å². The van der Waals surface area contributed by atoms with E-state index >= 15 is 0 Å². The second kappa shape index (κ2) is 6.89. The third-order valence-electron chi connectivity index (χ3n) is 3.61. The number of rotatable bonds is 4. The third-order valence-corrected chi connectivity index (χ3v) is 4.66. The van der Waals surface area contributed by atoms with E-state index in [1.807, 2.05) is 24.3 Å². The van der Waals surface area contributed by atoms with Crippen LogP contribution in [0.15, 0.2) is 70.2 Å². The largest absolute Gasteiger partial charge is 0.453 e. The highest BCUT2D eigenvalue weighted by atomic mass is 32.1. The van der Waals surface area contributed by atoms with Gasteiger partial charge >= 0.3 is 0 Å². The highest BCUT2D eigenvalue weighted by Gasteiger charge is 2.11. The number of benzene rings is 2. The minimum absolute atomic E-state index is 0.0701. The number of hydrogen-bond donors (Lipinski definition) is 1. The van der Waals surface area contributed by atoms with E-state index in [4.69, 9.17) is 4.42 Å². The zero-order valence-electron chi connectivity index (χ0n) is 13.3. The Kier molecular flexibility index (Phi) is 4.28. The molecule has 0 saturated heterocycles. The van der Waals surface area contributed by atoms with Crippen LogP contribution in [0, 0.1) is 5.82 Å². The number of aromatic nitrogens is 1. The predicted molar refractivity (Wildman–Crippen MR) is 98.8 cm³/mol. The van der Waals surface area contributed by atoms with Crippen LogP contribution in [0.25, 0.3) is 21.0 Å². The molecule has 0 atom stereocenters. The molecule has 4 aromatic rings. The van der Waals surface area contributed by atoms with E-state index in [0.717, 1.165) is 15.2 Å². The SMILES string of the molecule is O=C(N/N=C\c1ccc(-c2nc3ccccc3s2)o1)c1ccccc1F. The van der Waals surface area contributed by atoms with Crippen molar-refractivity contribution in [3.05, 3.63) is 77.8 Å². The first-order chi connectivity index (χ1) is 12.7. The molecule has 0 unspecified atom stereocenters. The zero-order chi connectivity index (χ0) is 17.9. The molecule has 0 aliphatic heterocycles. The first-order valence-corrected chi connectivity index (χ1v) is 8.56. The quantitative estimate of drug-likeness (QED) is 0.429. The second-order valence-corrected chi connectivity index (χ2v) is 6.40. The van der Waals surface area contributed by atoms with Gasteiger partial charge in [-0.15, -0.1) is 11.3 Å². The van der Waals surface area contributed by atoms with Crippen LogP contribution in [-0.2, 0) is 0 Å². The predicted octanol–water partition coefficient (Wildman–Crippen LogP) is 4.46. The van der Waals surface area contributed by atoms with Crippen LogP contribution in [-0.4, -0.2) is 17.1 Å². The smallest absolute Gasteiger partial charge is 0.274 e. The van der Waals surface area contributed by atoms with Gasteiger partial charge in [0, 0.05) is 0 Å². The minimum Gasteiger partial charge on any atom is -0.453 e. The van der Waals surface area contributed by atoms with Gasteiger partial charge in [-0.05, 0) is 36.4 Å². The van der Waals surface area contributed by atoms with Gasteiger partial charge in [-0.3, -0.25) is 4.79 Å². The molecule has 0 fully saturated rings. The molecule has 2 aromatic heterocycles. The summed E-state index contributed by atoms with van der Waals surface area (Å²) < 4.78 is 20.3. The van der Waals surface area contributed by atoms with Gasteiger partial charge in [-0.1, -0.05) is 24.3 Å². The molecule has 0 bridgehead atoms. The van der Waals surface area contributed by atoms with Crippen molar-refractivity contribution < 1.29 is 13.6 Å². The normalized spacial score (nSPS) is 11.3. The number of thiazole rings is 1. The van der Waals surface area contributed by atoms with Crippen LogP contribution in [0.3, 0.4) is 0 Å². The number of hydrogen-bond acceptors (Lipinski definition) is 5. The summed E-state index contributed by atoms with van der Waals surface area (Å²) in [5.74, 6) is -0.158. The lowest BCUT2D eigenvalue weighted by atomic mass is 10.2. The highest BCUT2D eigenvalue weighted by molar-refractivity contribution is 7.21. The molecule has 1 amide bonds. The summed E-state index contributed by atoms with van der Waals surface area (Å²) in [6.07, 6.45) is 1.36. The van der Waals surface area contributed by atoms with Gasteiger partial charge in [0.2, 0.25) is 0 Å². The average Bonchev–Trinajstić information content (AvgIpc) is 3.28. The first-order valence-electron chi connectivity index (χ1n) is 7.74. The number of carbonyl (C=O) groups excluding carboxylic acids is 1. The molecule has 1 N–H and O–H groups in total. The van der Waals surface area contributed by atoms with Gasteiger partial charge in [-0.25, -0.2) is 14.8 Å². The molecule has 2 aromatic carbocycles. The second-order valence-electron chi connectivity index (χ2n) is 5.37. The van der Waals surface area contributed by atoms with Crippen LogP contribution in [0.4, 0.5) is 4.39 Å². The summed E-state index contributed by atoms with van der Waals surface area (Å²) >= 11 is 1.53. The van der Waals surface area contributed by atoms with E-state index in [2.05, 4.69) is 15.5 Å². The van der Waals surface area contributed by atoms with Gasteiger partial charge < -0.3 is 4.42 Å². The Morgan fingerprint density at radius 3 is 2.77 bits per heavy atom. The van der Waals surface area contributed by atoms with Crippen LogP contribution in [0.2, 0.25) is 0 Å².